The van der Waals surface area contributed by atoms with Gasteiger partial charge < -0.3 is 19.9 Å². The smallest absolute Gasteiger partial charge is 0.248 e. The Labute approximate surface area is 192 Å². The highest BCUT2D eigenvalue weighted by Gasteiger charge is 2.26. The third kappa shape index (κ3) is 4.19. The Morgan fingerprint density at radius 2 is 1.88 bits per heavy atom. The number of anilines is 2. The van der Waals surface area contributed by atoms with Gasteiger partial charge in [-0.1, -0.05) is 54.0 Å². The number of carbonyl (C=O) groups is 1. The van der Waals surface area contributed by atoms with Crippen molar-refractivity contribution in [1.29, 1.82) is 0 Å². The molecule has 9 heteroatoms. The molecule has 1 aliphatic heterocycles. The first-order valence-corrected chi connectivity index (χ1v) is 12.2. The lowest BCUT2D eigenvalue weighted by molar-refractivity contribution is -0.135. The fourth-order valence-corrected chi connectivity index (χ4v) is 5.49. The van der Waals surface area contributed by atoms with Gasteiger partial charge in [-0.05, 0) is 19.8 Å². The number of aromatic nitrogens is 3. The summed E-state index contributed by atoms with van der Waals surface area (Å²) < 4.78 is 6.97. The molecule has 0 unspecified atom stereocenters. The molecule has 0 spiro atoms. The second kappa shape index (κ2) is 9.07. The van der Waals surface area contributed by atoms with E-state index in [4.69, 9.17) is 14.8 Å². The predicted molar refractivity (Wildman–Crippen MR) is 128 cm³/mol. The molecule has 170 valence electrons. The van der Waals surface area contributed by atoms with Crippen LogP contribution >= 0.6 is 11.3 Å². The van der Waals surface area contributed by atoms with E-state index in [0.717, 1.165) is 40.3 Å². The molecule has 5 rings (SSSR count). The van der Waals surface area contributed by atoms with Crippen LogP contribution in [0, 0.1) is 6.92 Å². The first-order chi connectivity index (χ1) is 15.6. The lowest BCUT2D eigenvalue weighted by atomic mass is 10.1. The van der Waals surface area contributed by atoms with Gasteiger partial charge in [-0.2, -0.15) is 4.52 Å². The molecule has 1 saturated heterocycles. The minimum Gasteiger partial charge on any atom is -0.375 e. The topological polar surface area (TPSA) is 75.0 Å². The monoisotopic (exact) mass is 454 g/mol. The Bertz CT molecular complexity index is 1080. The van der Waals surface area contributed by atoms with Crippen molar-refractivity contribution in [2.24, 2.45) is 0 Å². The average Bonchev–Trinajstić information content (AvgIpc) is 3.53. The SMILES string of the molecule is COCC(=O)N1CCN(c2nn3c(NC4CCCC4)c(-c4ccc(C)cc4)nc3s2)CC1. The van der Waals surface area contributed by atoms with Gasteiger partial charge in [-0.25, -0.2) is 4.98 Å². The van der Waals surface area contributed by atoms with Gasteiger partial charge in [0.15, 0.2) is 5.82 Å². The van der Waals surface area contributed by atoms with Crippen LogP contribution in [0.2, 0.25) is 0 Å². The second-order valence-corrected chi connectivity index (χ2v) is 9.62. The number of amides is 1. The van der Waals surface area contributed by atoms with Crippen molar-refractivity contribution in [2.45, 2.75) is 38.6 Å². The molecule has 3 heterocycles. The largest absolute Gasteiger partial charge is 0.375 e. The molecular formula is C23H30N6O2S. The summed E-state index contributed by atoms with van der Waals surface area (Å²) in [6, 6.07) is 9.01. The van der Waals surface area contributed by atoms with Gasteiger partial charge in [-0.15, -0.1) is 5.10 Å². The van der Waals surface area contributed by atoms with Crippen LogP contribution in [0.4, 0.5) is 10.9 Å². The number of rotatable bonds is 6. The van der Waals surface area contributed by atoms with E-state index in [-0.39, 0.29) is 12.5 Å². The third-order valence-electron chi connectivity index (χ3n) is 6.38. The molecule has 0 bridgehead atoms. The van der Waals surface area contributed by atoms with E-state index in [1.807, 2.05) is 9.42 Å². The number of ether oxygens (including phenoxy) is 1. The molecule has 1 amide bonds. The van der Waals surface area contributed by atoms with E-state index in [1.54, 1.807) is 18.4 Å². The van der Waals surface area contributed by atoms with Gasteiger partial charge >= 0.3 is 0 Å². The first kappa shape index (κ1) is 21.2. The van der Waals surface area contributed by atoms with Crippen LogP contribution < -0.4 is 10.2 Å². The van der Waals surface area contributed by atoms with Gasteiger partial charge in [0.1, 0.15) is 12.3 Å². The van der Waals surface area contributed by atoms with E-state index in [2.05, 4.69) is 41.4 Å². The lowest BCUT2D eigenvalue weighted by Crippen LogP contribution is -2.49. The molecule has 1 N–H and O–H groups in total. The number of nitrogens with one attached hydrogen (secondary N) is 1. The zero-order valence-corrected chi connectivity index (χ0v) is 19.5. The van der Waals surface area contributed by atoms with Gasteiger partial charge in [0, 0.05) is 44.9 Å². The van der Waals surface area contributed by atoms with Crippen LogP contribution in [0.15, 0.2) is 24.3 Å². The van der Waals surface area contributed by atoms with Crippen molar-refractivity contribution in [3.63, 3.8) is 0 Å². The maximum atomic E-state index is 12.1. The van der Waals surface area contributed by atoms with E-state index < -0.39 is 0 Å². The minimum atomic E-state index is 0.0480. The summed E-state index contributed by atoms with van der Waals surface area (Å²) in [6.07, 6.45) is 4.92. The highest BCUT2D eigenvalue weighted by atomic mass is 32.1. The van der Waals surface area contributed by atoms with Gasteiger partial charge in [0.05, 0.1) is 0 Å². The number of hydrogen-bond donors (Lipinski definition) is 1. The molecule has 1 aromatic carbocycles. The molecule has 2 aromatic heterocycles. The fourth-order valence-electron chi connectivity index (χ4n) is 4.53. The van der Waals surface area contributed by atoms with Crippen LogP contribution in [0.5, 0.6) is 0 Å². The van der Waals surface area contributed by atoms with Crippen molar-refractivity contribution in [1.82, 2.24) is 19.5 Å². The molecule has 8 nitrogen and oxygen atoms in total. The maximum absolute atomic E-state index is 12.1. The van der Waals surface area contributed by atoms with Crippen molar-refractivity contribution in [3.05, 3.63) is 29.8 Å². The number of fused-ring (bicyclic) bond motifs is 1. The molecule has 1 aliphatic carbocycles. The number of methoxy groups -OCH3 is 1. The molecule has 0 atom stereocenters. The Balaban J connectivity index is 1.41. The van der Waals surface area contributed by atoms with Crippen LogP contribution in [0.3, 0.4) is 0 Å². The minimum absolute atomic E-state index is 0.0480. The molecule has 32 heavy (non-hydrogen) atoms. The molecule has 2 fully saturated rings. The van der Waals surface area contributed by atoms with Crippen molar-refractivity contribution in [3.8, 4) is 11.3 Å². The zero-order valence-electron chi connectivity index (χ0n) is 18.7. The maximum Gasteiger partial charge on any atom is 0.248 e. The summed E-state index contributed by atoms with van der Waals surface area (Å²) in [6.45, 7) is 5.15. The van der Waals surface area contributed by atoms with Crippen molar-refractivity contribution in [2.75, 3.05) is 50.1 Å². The molecule has 1 saturated carbocycles. The first-order valence-electron chi connectivity index (χ1n) is 11.4. The van der Waals surface area contributed by atoms with Crippen molar-refractivity contribution >= 4 is 33.2 Å². The summed E-state index contributed by atoms with van der Waals surface area (Å²) in [5.41, 5.74) is 3.32. The van der Waals surface area contributed by atoms with Crippen LogP contribution in [0.1, 0.15) is 31.2 Å². The quantitative estimate of drug-likeness (QED) is 0.615. The molecular weight excluding hydrogens is 424 g/mol. The van der Waals surface area contributed by atoms with Crippen LogP contribution in [-0.2, 0) is 9.53 Å². The normalized spacial score (nSPS) is 17.4. The number of carbonyl (C=O) groups excluding carboxylic acids is 1. The number of aryl methyl sites for hydroxylation is 1. The lowest BCUT2D eigenvalue weighted by Gasteiger charge is -2.34. The van der Waals surface area contributed by atoms with E-state index in [1.165, 1.54) is 31.2 Å². The second-order valence-electron chi connectivity index (χ2n) is 8.68. The summed E-state index contributed by atoms with van der Waals surface area (Å²) in [7, 11) is 1.56. The highest BCUT2D eigenvalue weighted by molar-refractivity contribution is 7.20. The number of nitrogens with zero attached hydrogens (tertiary/aromatic N) is 5. The fraction of sp³-hybridized carbons (Fsp3) is 0.522. The van der Waals surface area contributed by atoms with Crippen molar-refractivity contribution < 1.29 is 9.53 Å². The summed E-state index contributed by atoms with van der Waals surface area (Å²) >= 11 is 1.61. The standard InChI is InChI=1S/C23H30N6O2S/c1-16-7-9-17(10-8-16)20-21(24-18-5-3-4-6-18)29-22(25-20)32-23(26-29)28-13-11-27(12-14-28)19(30)15-31-2/h7-10,18,24H,3-6,11-15H2,1-2H3. The highest BCUT2D eigenvalue weighted by Crippen LogP contribution is 2.35. The Morgan fingerprint density at radius 3 is 2.56 bits per heavy atom. The number of benzene rings is 1. The summed E-state index contributed by atoms with van der Waals surface area (Å²) in [4.78, 5) is 22.1. The van der Waals surface area contributed by atoms with E-state index >= 15 is 0 Å². The van der Waals surface area contributed by atoms with Gasteiger partial charge in [0.25, 0.3) is 0 Å². The number of hydrogen-bond acceptors (Lipinski definition) is 7. The Morgan fingerprint density at radius 1 is 1.16 bits per heavy atom. The predicted octanol–water partition coefficient (Wildman–Crippen LogP) is 3.42. The third-order valence-corrected chi connectivity index (χ3v) is 7.35. The van der Waals surface area contributed by atoms with Crippen LogP contribution in [-0.4, -0.2) is 71.3 Å². The summed E-state index contributed by atoms with van der Waals surface area (Å²) in [5.74, 6) is 1.04. The molecule has 0 radical (unpaired) electrons. The zero-order chi connectivity index (χ0) is 22.1. The van der Waals surface area contributed by atoms with Crippen LogP contribution in [0.25, 0.3) is 16.2 Å². The van der Waals surface area contributed by atoms with E-state index in [0.29, 0.717) is 19.1 Å². The molecule has 2 aliphatic rings. The summed E-state index contributed by atoms with van der Waals surface area (Å²) in [5, 5.41) is 9.67. The Hall–Kier alpha value is -2.65. The Kier molecular flexibility index (Phi) is 6.01. The molecule has 3 aromatic rings. The number of imidazole rings is 1. The van der Waals surface area contributed by atoms with E-state index in [9.17, 15) is 4.79 Å². The number of piperazine rings is 1. The van der Waals surface area contributed by atoms with Gasteiger partial charge in [0.2, 0.25) is 16.0 Å². The van der Waals surface area contributed by atoms with Gasteiger partial charge in [-0.3, -0.25) is 4.79 Å². The average molecular weight is 455 g/mol.